The van der Waals surface area contributed by atoms with Gasteiger partial charge in [0.2, 0.25) is 0 Å². The van der Waals surface area contributed by atoms with E-state index in [4.69, 9.17) is 45.4 Å². The summed E-state index contributed by atoms with van der Waals surface area (Å²) < 4.78 is 4.18. The van der Waals surface area contributed by atoms with E-state index in [2.05, 4.69) is 16.6 Å². The van der Waals surface area contributed by atoms with Crippen molar-refractivity contribution in [2.45, 2.75) is 37.5 Å². The zero-order chi connectivity index (χ0) is 20.4. The fourth-order valence-corrected chi connectivity index (χ4v) is 0.744. The maximum absolute atomic E-state index is 10.3. The van der Waals surface area contributed by atoms with Gasteiger partial charge < -0.3 is 30.9 Å². The van der Waals surface area contributed by atoms with Crippen LogP contribution in [0.15, 0.2) is 0 Å². The first-order valence-electron chi connectivity index (χ1n) is 6.54. The third-order valence-corrected chi connectivity index (χ3v) is 2.04. The molecule has 6 N–H and O–H groups in total. The number of carbonyl (C=O) groups excluding carboxylic acids is 1. The van der Waals surface area contributed by atoms with Crippen LogP contribution in [-0.2, 0) is 19.1 Å². The number of methoxy groups -OCH3 is 1. The molecule has 138 valence electrons. The summed E-state index contributed by atoms with van der Waals surface area (Å²) in [6.45, 7) is 0. The van der Waals surface area contributed by atoms with Crippen molar-refractivity contribution in [2.75, 3.05) is 7.11 Å². The van der Waals surface area contributed by atoms with Crippen molar-refractivity contribution >= 4 is 17.9 Å². The van der Waals surface area contributed by atoms with Gasteiger partial charge in [-0.15, -0.1) is 37.0 Å². The van der Waals surface area contributed by atoms with Crippen molar-refractivity contribution in [3.8, 4) is 37.0 Å². The molecule has 0 aromatic rings. The van der Waals surface area contributed by atoms with Crippen LogP contribution < -0.4 is 5.73 Å². The highest BCUT2D eigenvalue weighted by molar-refractivity contribution is 5.74. The molecule has 9 nitrogen and oxygen atoms in total. The van der Waals surface area contributed by atoms with Crippen LogP contribution in [-0.4, -0.2) is 63.7 Å². The van der Waals surface area contributed by atoms with E-state index in [9.17, 15) is 14.4 Å². The number of rotatable bonds is 6. The number of aliphatic hydroxyl groups excluding tert-OH is 2. The highest BCUT2D eigenvalue weighted by atomic mass is 16.5. The van der Waals surface area contributed by atoms with Gasteiger partial charge in [-0.2, -0.15) is 0 Å². The smallest absolute Gasteiger partial charge is 0.335 e. The van der Waals surface area contributed by atoms with Crippen LogP contribution in [0.3, 0.4) is 0 Å². The van der Waals surface area contributed by atoms with Crippen LogP contribution in [0.2, 0.25) is 0 Å². The van der Waals surface area contributed by atoms with Crippen molar-refractivity contribution in [1.29, 1.82) is 0 Å². The number of carboxylic acid groups (broad SMARTS) is 2. The monoisotopic (exact) mass is 355 g/mol. The molecule has 0 radical (unpaired) electrons. The summed E-state index contributed by atoms with van der Waals surface area (Å²) in [5.74, 6) is 3.28. The third kappa shape index (κ3) is 18.9. The van der Waals surface area contributed by atoms with Gasteiger partial charge >= 0.3 is 17.9 Å². The predicted octanol–water partition coefficient (Wildman–Crippen LogP) is -1.58. The van der Waals surface area contributed by atoms with Gasteiger partial charge in [0, 0.05) is 19.3 Å². The van der Waals surface area contributed by atoms with E-state index < -0.39 is 36.2 Å². The Morgan fingerprint density at radius 1 is 0.920 bits per heavy atom. The molecule has 25 heavy (non-hydrogen) atoms. The molecule has 0 aromatic heterocycles. The van der Waals surface area contributed by atoms with E-state index in [0.29, 0.717) is 0 Å². The Kier molecular flexibility index (Phi) is 18.6. The molecule has 0 rings (SSSR count). The maximum Gasteiger partial charge on any atom is 0.335 e. The van der Waals surface area contributed by atoms with E-state index in [1.807, 2.05) is 5.92 Å². The average molecular weight is 355 g/mol. The van der Waals surface area contributed by atoms with Crippen LogP contribution in [0.25, 0.3) is 0 Å². The molecule has 0 aliphatic carbocycles. The van der Waals surface area contributed by atoms with Crippen molar-refractivity contribution in [3.05, 3.63) is 0 Å². The van der Waals surface area contributed by atoms with Crippen LogP contribution in [0.4, 0.5) is 0 Å². The van der Waals surface area contributed by atoms with Crippen LogP contribution in [0, 0.1) is 37.0 Å². The normalized spacial score (nSPS) is 11.9. The molecule has 0 fully saturated rings. The van der Waals surface area contributed by atoms with E-state index in [1.54, 1.807) is 0 Å². The highest BCUT2D eigenvalue weighted by Gasteiger charge is 2.12. The van der Waals surface area contributed by atoms with Crippen molar-refractivity contribution in [1.82, 2.24) is 0 Å². The molecule has 0 spiro atoms. The molecule has 0 aromatic carbocycles. The minimum atomic E-state index is -1.40. The lowest BCUT2D eigenvalue weighted by Gasteiger charge is -2.01. The number of aliphatic hydroxyl groups is 2. The van der Waals surface area contributed by atoms with Crippen LogP contribution in [0.1, 0.15) is 19.3 Å². The topological polar surface area (TPSA) is 167 Å². The number of nitrogens with two attached hydrogens (primary N) is 1. The molecule has 0 aliphatic heterocycles. The van der Waals surface area contributed by atoms with Crippen LogP contribution >= 0.6 is 0 Å². The first-order chi connectivity index (χ1) is 11.6. The number of hydrogen-bond donors (Lipinski definition) is 5. The second kappa shape index (κ2) is 17.3. The quantitative estimate of drug-likeness (QED) is 0.279. The van der Waals surface area contributed by atoms with Gasteiger partial charge in [-0.3, -0.25) is 4.79 Å². The number of hydrogen-bond acceptors (Lipinski definition) is 7. The average Bonchev–Trinajstić information content (AvgIpc) is 2.55. The summed E-state index contributed by atoms with van der Waals surface area (Å²) in [6, 6.07) is -0.903. The Hall–Kier alpha value is -3.03. The molecule has 0 heterocycles. The molecule has 0 amide bonds. The number of carboxylic acids is 2. The lowest BCUT2D eigenvalue weighted by atomic mass is 10.2. The molecule has 0 saturated heterocycles. The Balaban J connectivity index is -0.000000291. The van der Waals surface area contributed by atoms with Gasteiger partial charge in [-0.1, -0.05) is 0 Å². The standard InChI is InChI=1S/C6H8O3.C5H7NO2.C5H6O3/c1-3-4-5(7)6(8)9-2;2*1-2-3-4(6)5(7)8/h1,5,7H,4H2,2H3;1,4H,3,6H2,(H,7,8);1,4,6H,3H2,(H,7,8). The van der Waals surface area contributed by atoms with Gasteiger partial charge in [-0.05, 0) is 0 Å². The molecular formula is C16H21NO8. The molecule has 3 atom stereocenters. The van der Waals surface area contributed by atoms with Crippen LogP contribution in [0.5, 0.6) is 0 Å². The van der Waals surface area contributed by atoms with Gasteiger partial charge in [0.25, 0.3) is 0 Å². The molecule has 0 saturated carbocycles. The van der Waals surface area contributed by atoms with Crippen molar-refractivity contribution in [2.24, 2.45) is 5.73 Å². The zero-order valence-electron chi connectivity index (χ0n) is 13.6. The minimum Gasteiger partial charge on any atom is -0.480 e. The summed E-state index contributed by atoms with van der Waals surface area (Å²) in [6.07, 6.45) is 11.7. The minimum absolute atomic E-state index is 0.00662. The lowest BCUT2D eigenvalue weighted by molar-refractivity contribution is -0.150. The maximum atomic E-state index is 10.3. The fraction of sp³-hybridized carbons (Fsp3) is 0.438. The SMILES string of the molecule is C#CCC(N)C(=O)O.C#CCC(O)C(=O)O.C#CCC(O)C(=O)OC. The lowest BCUT2D eigenvalue weighted by Crippen LogP contribution is -2.29. The van der Waals surface area contributed by atoms with Crippen molar-refractivity contribution < 1.29 is 39.5 Å². The number of ether oxygens (including phenoxy) is 1. The Morgan fingerprint density at radius 3 is 1.52 bits per heavy atom. The van der Waals surface area contributed by atoms with E-state index in [1.165, 1.54) is 7.11 Å². The Morgan fingerprint density at radius 2 is 1.32 bits per heavy atom. The van der Waals surface area contributed by atoms with Gasteiger partial charge in [0.1, 0.15) is 6.04 Å². The summed E-state index contributed by atoms with van der Waals surface area (Å²) in [4.78, 5) is 29.9. The second-order valence-corrected chi connectivity index (χ2v) is 4.06. The van der Waals surface area contributed by atoms with E-state index >= 15 is 0 Å². The highest BCUT2D eigenvalue weighted by Crippen LogP contribution is 1.90. The summed E-state index contributed by atoms with van der Waals surface area (Å²) >= 11 is 0. The second-order valence-electron chi connectivity index (χ2n) is 4.06. The molecule has 0 aliphatic rings. The number of carbonyl (C=O) groups is 3. The number of aliphatic carboxylic acids is 2. The predicted molar refractivity (Wildman–Crippen MR) is 87.6 cm³/mol. The summed E-state index contributed by atoms with van der Waals surface area (Å²) in [5.41, 5.74) is 4.98. The summed E-state index contributed by atoms with van der Waals surface area (Å²) in [7, 11) is 1.20. The van der Waals surface area contributed by atoms with E-state index in [-0.39, 0.29) is 19.3 Å². The molecular weight excluding hydrogens is 334 g/mol. The molecule has 9 heteroatoms. The number of terminal acetylenes is 3. The van der Waals surface area contributed by atoms with E-state index in [0.717, 1.165) is 0 Å². The molecule has 0 bridgehead atoms. The van der Waals surface area contributed by atoms with Gasteiger partial charge in [0.15, 0.2) is 12.2 Å². The number of esters is 1. The Bertz CT molecular complexity index is 506. The zero-order valence-corrected chi connectivity index (χ0v) is 13.6. The first-order valence-corrected chi connectivity index (χ1v) is 6.54. The summed E-state index contributed by atoms with van der Waals surface area (Å²) in [5, 5.41) is 33.1. The first kappa shape index (κ1) is 26.8. The largest absolute Gasteiger partial charge is 0.480 e. The fourth-order valence-electron chi connectivity index (χ4n) is 0.744. The Labute approximate surface area is 145 Å². The third-order valence-electron chi connectivity index (χ3n) is 2.04. The molecule has 3 unspecified atom stereocenters. The van der Waals surface area contributed by atoms with Gasteiger partial charge in [0.05, 0.1) is 7.11 Å². The van der Waals surface area contributed by atoms with Gasteiger partial charge in [-0.25, -0.2) is 9.59 Å². The van der Waals surface area contributed by atoms with Crippen molar-refractivity contribution in [3.63, 3.8) is 0 Å².